The molecule has 1 aliphatic carbocycles. The zero-order chi connectivity index (χ0) is 14.4. The van der Waals surface area contributed by atoms with Crippen molar-refractivity contribution in [2.75, 3.05) is 13.7 Å². The first-order valence-electron chi connectivity index (χ1n) is 7.17. The molecule has 1 saturated carbocycles. The van der Waals surface area contributed by atoms with Crippen molar-refractivity contribution < 1.29 is 9.53 Å². The number of aromatic nitrogens is 1. The van der Waals surface area contributed by atoms with Crippen LogP contribution in [0, 0.1) is 5.41 Å². The van der Waals surface area contributed by atoms with Crippen LogP contribution in [0.2, 0.25) is 0 Å². The number of amides is 1. The third kappa shape index (κ3) is 3.28. The molecule has 0 radical (unpaired) electrons. The summed E-state index contributed by atoms with van der Waals surface area (Å²) in [6.07, 6.45) is 6.86. The molecule has 20 heavy (non-hydrogen) atoms. The standard InChI is InChI=1S/C15H23N3O2/c1-20-13-9-12(5-8-17-13)10-18-14(19)15(11-16)6-3-2-4-7-15/h5,8-9H,2-4,6-7,10-11,16H2,1H3,(H,18,19). The highest BCUT2D eigenvalue weighted by Crippen LogP contribution is 2.35. The van der Waals surface area contributed by atoms with E-state index in [9.17, 15) is 4.79 Å². The fourth-order valence-corrected chi connectivity index (χ4v) is 2.79. The molecule has 0 aliphatic heterocycles. The summed E-state index contributed by atoms with van der Waals surface area (Å²) in [6.45, 7) is 0.915. The van der Waals surface area contributed by atoms with Crippen molar-refractivity contribution >= 4 is 5.91 Å². The van der Waals surface area contributed by atoms with E-state index in [0.717, 1.165) is 31.2 Å². The van der Waals surface area contributed by atoms with Gasteiger partial charge in [-0.05, 0) is 24.5 Å². The summed E-state index contributed by atoms with van der Waals surface area (Å²) in [5.41, 5.74) is 6.48. The van der Waals surface area contributed by atoms with Crippen LogP contribution in [0.3, 0.4) is 0 Å². The normalized spacial score (nSPS) is 17.5. The van der Waals surface area contributed by atoms with Gasteiger partial charge in [0.1, 0.15) is 0 Å². The second-order valence-electron chi connectivity index (χ2n) is 5.43. The number of hydrogen-bond acceptors (Lipinski definition) is 4. The first kappa shape index (κ1) is 14.8. The molecule has 110 valence electrons. The van der Waals surface area contributed by atoms with Crippen LogP contribution in [0.1, 0.15) is 37.7 Å². The maximum atomic E-state index is 12.4. The molecule has 0 saturated heterocycles. The van der Waals surface area contributed by atoms with Gasteiger partial charge in [-0.3, -0.25) is 4.79 Å². The highest BCUT2D eigenvalue weighted by Gasteiger charge is 2.37. The number of hydrogen-bond donors (Lipinski definition) is 2. The van der Waals surface area contributed by atoms with Crippen molar-refractivity contribution in [1.82, 2.24) is 10.3 Å². The van der Waals surface area contributed by atoms with Gasteiger partial charge in [-0.1, -0.05) is 19.3 Å². The van der Waals surface area contributed by atoms with Gasteiger partial charge in [0.05, 0.1) is 12.5 Å². The third-order valence-electron chi connectivity index (χ3n) is 4.14. The number of carbonyl (C=O) groups is 1. The van der Waals surface area contributed by atoms with Gasteiger partial charge in [-0.25, -0.2) is 4.98 Å². The number of pyridine rings is 1. The van der Waals surface area contributed by atoms with Gasteiger partial charge in [0, 0.05) is 25.4 Å². The molecule has 5 heteroatoms. The van der Waals surface area contributed by atoms with E-state index in [0.29, 0.717) is 19.0 Å². The molecule has 1 fully saturated rings. The summed E-state index contributed by atoms with van der Waals surface area (Å²) in [6, 6.07) is 3.70. The van der Waals surface area contributed by atoms with Crippen molar-refractivity contribution in [3.63, 3.8) is 0 Å². The first-order valence-corrected chi connectivity index (χ1v) is 7.17. The second-order valence-corrected chi connectivity index (χ2v) is 5.43. The fourth-order valence-electron chi connectivity index (χ4n) is 2.79. The average molecular weight is 277 g/mol. The van der Waals surface area contributed by atoms with Gasteiger partial charge in [0.2, 0.25) is 11.8 Å². The smallest absolute Gasteiger partial charge is 0.227 e. The van der Waals surface area contributed by atoms with Crippen LogP contribution in [0.5, 0.6) is 5.88 Å². The van der Waals surface area contributed by atoms with E-state index < -0.39 is 0 Å². The Bertz CT molecular complexity index is 456. The molecule has 1 aromatic heterocycles. The Balaban J connectivity index is 1.96. The zero-order valence-corrected chi connectivity index (χ0v) is 12.0. The van der Waals surface area contributed by atoms with E-state index in [1.807, 2.05) is 12.1 Å². The first-order chi connectivity index (χ1) is 9.70. The molecule has 0 aromatic carbocycles. The van der Waals surface area contributed by atoms with E-state index in [1.165, 1.54) is 6.42 Å². The summed E-state index contributed by atoms with van der Waals surface area (Å²) in [4.78, 5) is 16.5. The maximum absolute atomic E-state index is 12.4. The number of nitrogens with one attached hydrogen (secondary N) is 1. The molecule has 0 unspecified atom stereocenters. The van der Waals surface area contributed by atoms with E-state index in [1.54, 1.807) is 13.3 Å². The van der Waals surface area contributed by atoms with Gasteiger partial charge < -0.3 is 15.8 Å². The molecule has 0 spiro atoms. The molecule has 5 nitrogen and oxygen atoms in total. The summed E-state index contributed by atoms with van der Waals surface area (Å²) in [7, 11) is 1.58. The zero-order valence-electron chi connectivity index (χ0n) is 12.0. The molecule has 0 bridgehead atoms. The Morgan fingerprint density at radius 1 is 1.45 bits per heavy atom. The van der Waals surface area contributed by atoms with Gasteiger partial charge in [-0.2, -0.15) is 0 Å². The number of rotatable bonds is 5. The Morgan fingerprint density at radius 3 is 2.85 bits per heavy atom. The van der Waals surface area contributed by atoms with Crippen LogP contribution < -0.4 is 15.8 Å². The van der Waals surface area contributed by atoms with Crippen molar-refractivity contribution in [3.05, 3.63) is 23.9 Å². The molecular formula is C15H23N3O2. The van der Waals surface area contributed by atoms with Crippen LogP contribution >= 0.6 is 0 Å². The predicted octanol–water partition coefficient (Wildman–Crippen LogP) is 1.62. The summed E-state index contributed by atoms with van der Waals surface area (Å²) < 4.78 is 5.08. The second kappa shape index (κ2) is 6.70. The van der Waals surface area contributed by atoms with Crippen LogP contribution in [-0.2, 0) is 11.3 Å². The largest absolute Gasteiger partial charge is 0.481 e. The van der Waals surface area contributed by atoms with Crippen LogP contribution in [0.25, 0.3) is 0 Å². The molecule has 1 amide bonds. The maximum Gasteiger partial charge on any atom is 0.227 e. The van der Waals surface area contributed by atoms with Crippen molar-refractivity contribution in [2.24, 2.45) is 11.1 Å². The highest BCUT2D eigenvalue weighted by atomic mass is 16.5. The van der Waals surface area contributed by atoms with Crippen LogP contribution in [0.4, 0.5) is 0 Å². The fraction of sp³-hybridized carbons (Fsp3) is 0.600. The minimum atomic E-state index is -0.366. The van der Waals surface area contributed by atoms with E-state index >= 15 is 0 Å². The Morgan fingerprint density at radius 2 is 2.20 bits per heavy atom. The molecular weight excluding hydrogens is 254 g/mol. The monoisotopic (exact) mass is 277 g/mol. The SMILES string of the molecule is COc1cc(CNC(=O)C2(CN)CCCCC2)ccn1. The summed E-state index contributed by atoms with van der Waals surface area (Å²) in [5.74, 6) is 0.637. The third-order valence-corrected chi connectivity index (χ3v) is 4.14. The minimum absolute atomic E-state index is 0.0791. The van der Waals surface area contributed by atoms with Crippen molar-refractivity contribution in [3.8, 4) is 5.88 Å². The summed E-state index contributed by atoms with van der Waals surface area (Å²) >= 11 is 0. The van der Waals surface area contributed by atoms with E-state index in [-0.39, 0.29) is 11.3 Å². The number of nitrogens with zero attached hydrogens (tertiary/aromatic N) is 1. The van der Waals surface area contributed by atoms with Gasteiger partial charge >= 0.3 is 0 Å². The lowest BCUT2D eigenvalue weighted by atomic mass is 9.73. The molecule has 1 aliphatic rings. The number of methoxy groups -OCH3 is 1. The minimum Gasteiger partial charge on any atom is -0.481 e. The lowest BCUT2D eigenvalue weighted by Gasteiger charge is -2.34. The van der Waals surface area contributed by atoms with Gasteiger partial charge in [0.15, 0.2) is 0 Å². The molecule has 3 N–H and O–H groups in total. The Kier molecular flexibility index (Phi) is 4.95. The molecule has 0 atom stereocenters. The lowest BCUT2D eigenvalue weighted by Crippen LogP contribution is -2.46. The van der Waals surface area contributed by atoms with Gasteiger partial charge in [-0.15, -0.1) is 0 Å². The van der Waals surface area contributed by atoms with Crippen molar-refractivity contribution in [2.45, 2.75) is 38.6 Å². The quantitative estimate of drug-likeness (QED) is 0.857. The van der Waals surface area contributed by atoms with Crippen LogP contribution in [0.15, 0.2) is 18.3 Å². The van der Waals surface area contributed by atoms with Crippen molar-refractivity contribution in [1.29, 1.82) is 0 Å². The number of nitrogens with two attached hydrogens (primary N) is 1. The highest BCUT2D eigenvalue weighted by molar-refractivity contribution is 5.83. The summed E-state index contributed by atoms with van der Waals surface area (Å²) in [5, 5.41) is 3.01. The molecule has 1 aromatic rings. The number of carbonyl (C=O) groups excluding carboxylic acids is 1. The van der Waals surface area contributed by atoms with Gasteiger partial charge in [0.25, 0.3) is 0 Å². The Hall–Kier alpha value is -1.62. The Labute approximate surface area is 119 Å². The lowest BCUT2D eigenvalue weighted by molar-refractivity contribution is -0.132. The van der Waals surface area contributed by atoms with E-state index in [2.05, 4.69) is 10.3 Å². The molecule has 2 rings (SSSR count). The predicted molar refractivity (Wildman–Crippen MR) is 77.2 cm³/mol. The topological polar surface area (TPSA) is 77.2 Å². The van der Waals surface area contributed by atoms with Crippen LogP contribution in [-0.4, -0.2) is 24.5 Å². The number of ether oxygens (including phenoxy) is 1. The van der Waals surface area contributed by atoms with E-state index in [4.69, 9.17) is 10.5 Å². The average Bonchev–Trinajstić information content (AvgIpc) is 2.53. The molecule has 1 heterocycles.